The molecule has 0 spiro atoms. The Hall–Kier alpha value is -2.50. The standard InChI is InChI=1S/C21H22F3NO2/c1-27-18-9-7-16(8-10-18)20(11-2-3-12-20)14-25-19(26)15-5-4-6-17(13-15)21(22,23)24/h4-10,13H,2-3,11-12,14H2,1H3,(H,25,26). The molecule has 1 amide bonds. The van der Waals surface area contributed by atoms with Crippen LogP contribution in [0.2, 0.25) is 0 Å². The average molecular weight is 377 g/mol. The van der Waals surface area contributed by atoms with E-state index < -0.39 is 17.6 Å². The summed E-state index contributed by atoms with van der Waals surface area (Å²) in [6.45, 7) is 0.397. The van der Waals surface area contributed by atoms with Crippen molar-refractivity contribution >= 4 is 5.91 Å². The van der Waals surface area contributed by atoms with Gasteiger partial charge in [-0.2, -0.15) is 13.2 Å². The van der Waals surface area contributed by atoms with Gasteiger partial charge in [-0.05, 0) is 48.7 Å². The molecular formula is C21H22F3NO2. The Morgan fingerprint density at radius 3 is 2.37 bits per heavy atom. The van der Waals surface area contributed by atoms with Crippen molar-refractivity contribution in [2.24, 2.45) is 0 Å². The first kappa shape index (κ1) is 19.3. The predicted molar refractivity (Wildman–Crippen MR) is 96.9 cm³/mol. The Labute approximate surface area is 156 Å². The van der Waals surface area contributed by atoms with Crippen LogP contribution < -0.4 is 10.1 Å². The number of alkyl halides is 3. The zero-order valence-electron chi connectivity index (χ0n) is 15.1. The van der Waals surface area contributed by atoms with E-state index in [4.69, 9.17) is 4.74 Å². The number of hydrogen-bond acceptors (Lipinski definition) is 2. The van der Waals surface area contributed by atoms with Crippen LogP contribution in [0.3, 0.4) is 0 Å². The topological polar surface area (TPSA) is 38.3 Å². The number of ether oxygens (including phenoxy) is 1. The second kappa shape index (κ2) is 7.62. The van der Waals surface area contributed by atoms with E-state index in [9.17, 15) is 18.0 Å². The lowest BCUT2D eigenvalue weighted by Crippen LogP contribution is -2.39. The van der Waals surface area contributed by atoms with Crippen LogP contribution in [0.1, 0.15) is 47.2 Å². The van der Waals surface area contributed by atoms with Crippen molar-refractivity contribution in [1.82, 2.24) is 5.32 Å². The van der Waals surface area contributed by atoms with Gasteiger partial charge in [0.1, 0.15) is 5.75 Å². The number of methoxy groups -OCH3 is 1. The molecule has 0 saturated heterocycles. The Bertz CT molecular complexity index is 794. The van der Waals surface area contributed by atoms with Crippen molar-refractivity contribution in [2.75, 3.05) is 13.7 Å². The van der Waals surface area contributed by atoms with E-state index >= 15 is 0 Å². The molecule has 3 nitrogen and oxygen atoms in total. The van der Waals surface area contributed by atoms with E-state index in [0.717, 1.165) is 49.1 Å². The van der Waals surface area contributed by atoms with Crippen molar-refractivity contribution in [3.8, 4) is 5.75 Å². The normalized spacial score (nSPS) is 16.1. The fraction of sp³-hybridized carbons (Fsp3) is 0.381. The summed E-state index contributed by atoms with van der Waals surface area (Å²) < 4.78 is 43.8. The van der Waals surface area contributed by atoms with Gasteiger partial charge in [0.2, 0.25) is 0 Å². The molecule has 1 aliphatic rings. The number of amides is 1. The van der Waals surface area contributed by atoms with Crippen LogP contribution in [0.4, 0.5) is 13.2 Å². The number of nitrogens with one attached hydrogen (secondary N) is 1. The molecule has 1 fully saturated rings. The smallest absolute Gasteiger partial charge is 0.416 e. The molecule has 2 aromatic rings. The van der Waals surface area contributed by atoms with Gasteiger partial charge in [-0.25, -0.2) is 0 Å². The highest BCUT2D eigenvalue weighted by Crippen LogP contribution is 2.41. The van der Waals surface area contributed by atoms with E-state index in [1.165, 1.54) is 12.1 Å². The lowest BCUT2D eigenvalue weighted by atomic mass is 9.78. The molecule has 6 heteroatoms. The third-order valence-corrected chi connectivity index (χ3v) is 5.30. The summed E-state index contributed by atoms with van der Waals surface area (Å²) in [7, 11) is 1.61. The van der Waals surface area contributed by atoms with Gasteiger partial charge in [0.15, 0.2) is 0 Å². The van der Waals surface area contributed by atoms with Gasteiger partial charge in [0.05, 0.1) is 12.7 Å². The lowest BCUT2D eigenvalue weighted by molar-refractivity contribution is -0.137. The van der Waals surface area contributed by atoms with Crippen molar-refractivity contribution in [3.05, 3.63) is 65.2 Å². The first-order valence-corrected chi connectivity index (χ1v) is 8.94. The number of carbonyl (C=O) groups excluding carboxylic acids is 1. The molecular weight excluding hydrogens is 355 g/mol. The quantitative estimate of drug-likeness (QED) is 0.800. The van der Waals surface area contributed by atoms with Gasteiger partial charge in [-0.3, -0.25) is 4.79 Å². The van der Waals surface area contributed by atoms with Crippen LogP contribution in [0.5, 0.6) is 5.75 Å². The molecule has 1 aliphatic carbocycles. The fourth-order valence-corrected chi connectivity index (χ4v) is 3.75. The van der Waals surface area contributed by atoms with Crippen molar-refractivity contribution < 1.29 is 22.7 Å². The van der Waals surface area contributed by atoms with Crippen LogP contribution >= 0.6 is 0 Å². The van der Waals surface area contributed by atoms with Crippen molar-refractivity contribution in [1.29, 1.82) is 0 Å². The number of carbonyl (C=O) groups is 1. The molecule has 3 rings (SSSR count). The minimum atomic E-state index is -4.47. The third kappa shape index (κ3) is 4.26. The third-order valence-electron chi connectivity index (χ3n) is 5.30. The first-order chi connectivity index (χ1) is 12.8. The van der Waals surface area contributed by atoms with E-state index in [2.05, 4.69) is 5.32 Å². The molecule has 0 radical (unpaired) electrons. The second-order valence-electron chi connectivity index (χ2n) is 6.98. The summed E-state index contributed by atoms with van der Waals surface area (Å²) >= 11 is 0. The van der Waals surface area contributed by atoms with Crippen molar-refractivity contribution in [3.63, 3.8) is 0 Å². The maximum atomic E-state index is 12.9. The first-order valence-electron chi connectivity index (χ1n) is 8.94. The predicted octanol–water partition coefficient (Wildman–Crippen LogP) is 4.96. The van der Waals surface area contributed by atoms with Gasteiger partial charge in [-0.15, -0.1) is 0 Å². The summed E-state index contributed by atoms with van der Waals surface area (Å²) in [4.78, 5) is 12.5. The van der Waals surface area contributed by atoms with Gasteiger partial charge in [-0.1, -0.05) is 31.0 Å². The van der Waals surface area contributed by atoms with Crippen LogP contribution in [-0.2, 0) is 11.6 Å². The summed E-state index contributed by atoms with van der Waals surface area (Å²) in [6.07, 6.45) is -0.479. The molecule has 0 atom stereocenters. The Kier molecular flexibility index (Phi) is 5.44. The number of benzene rings is 2. The second-order valence-corrected chi connectivity index (χ2v) is 6.98. The van der Waals surface area contributed by atoms with Crippen LogP contribution in [0.25, 0.3) is 0 Å². The summed E-state index contributed by atoms with van der Waals surface area (Å²) in [6, 6.07) is 12.3. The monoisotopic (exact) mass is 377 g/mol. The summed E-state index contributed by atoms with van der Waals surface area (Å²) in [5.74, 6) is 0.279. The molecule has 0 heterocycles. The lowest BCUT2D eigenvalue weighted by Gasteiger charge is -2.30. The van der Waals surface area contributed by atoms with Crippen molar-refractivity contribution in [2.45, 2.75) is 37.3 Å². The van der Waals surface area contributed by atoms with Crippen LogP contribution in [0, 0.1) is 0 Å². The van der Waals surface area contributed by atoms with E-state index in [1.54, 1.807) is 7.11 Å². The highest BCUT2D eigenvalue weighted by atomic mass is 19.4. The van der Waals surface area contributed by atoms with E-state index in [0.29, 0.717) is 6.54 Å². The zero-order valence-corrected chi connectivity index (χ0v) is 15.1. The summed E-state index contributed by atoms with van der Waals surface area (Å²) in [5, 5.41) is 2.85. The molecule has 27 heavy (non-hydrogen) atoms. The maximum Gasteiger partial charge on any atom is 0.416 e. The van der Waals surface area contributed by atoms with Gasteiger partial charge in [0.25, 0.3) is 5.91 Å². The molecule has 0 aliphatic heterocycles. The SMILES string of the molecule is COc1ccc(C2(CNC(=O)c3cccc(C(F)(F)F)c3)CCCC2)cc1. The Morgan fingerprint density at radius 2 is 1.78 bits per heavy atom. The molecule has 0 aromatic heterocycles. The Morgan fingerprint density at radius 1 is 1.11 bits per heavy atom. The largest absolute Gasteiger partial charge is 0.497 e. The molecule has 1 N–H and O–H groups in total. The van der Waals surface area contributed by atoms with E-state index in [1.807, 2.05) is 24.3 Å². The van der Waals surface area contributed by atoms with Crippen LogP contribution in [-0.4, -0.2) is 19.6 Å². The number of halogens is 3. The molecule has 0 bridgehead atoms. The number of hydrogen-bond donors (Lipinski definition) is 1. The van der Waals surface area contributed by atoms with Gasteiger partial charge < -0.3 is 10.1 Å². The maximum absolute atomic E-state index is 12.9. The van der Waals surface area contributed by atoms with Gasteiger partial charge >= 0.3 is 6.18 Å². The fourth-order valence-electron chi connectivity index (χ4n) is 3.75. The Balaban J connectivity index is 1.75. The highest BCUT2D eigenvalue weighted by molar-refractivity contribution is 5.94. The zero-order chi connectivity index (χ0) is 19.5. The molecule has 144 valence electrons. The minimum Gasteiger partial charge on any atom is -0.497 e. The average Bonchev–Trinajstić information content (AvgIpc) is 3.16. The summed E-state index contributed by atoms with van der Waals surface area (Å²) in [5.41, 5.74) is 0.127. The minimum absolute atomic E-state index is 0.0210. The van der Waals surface area contributed by atoms with E-state index in [-0.39, 0.29) is 11.0 Å². The van der Waals surface area contributed by atoms with Gasteiger partial charge in [0, 0.05) is 17.5 Å². The highest BCUT2D eigenvalue weighted by Gasteiger charge is 2.36. The number of rotatable bonds is 5. The molecule has 1 saturated carbocycles. The van der Waals surface area contributed by atoms with Crippen LogP contribution in [0.15, 0.2) is 48.5 Å². The molecule has 0 unspecified atom stereocenters. The molecule has 2 aromatic carbocycles.